The SMILES string of the molecule is CCCS(=O)(=O)N1CCCc2cc(NS(=O)(=O)c3ccc(C(C)(C)C)cc3)ccc21. The number of hydrogen-bond acceptors (Lipinski definition) is 4. The van der Waals surface area contributed by atoms with Gasteiger partial charge in [-0.25, -0.2) is 16.8 Å². The predicted molar refractivity (Wildman–Crippen MR) is 122 cm³/mol. The van der Waals surface area contributed by atoms with Crippen molar-refractivity contribution in [2.45, 2.75) is 57.3 Å². The Morgan fingerprint density at radius 2 is 1.67 bits per heavy atom. The number of rotatable bonds is 6. The van der Waals surface area contributed by atoms with E-state index in [4.69, 9.17) is 0 Å². The van der Waals surface area contributed by atoms with Crippen LogP contribution in [0.2, 0.25) is 0 Å². The molecule has 0 aliphatic carbocycles. The molecule has 0 fully saturated rings. The summed E-state index contributed by atoms with van der Waals surface area (Å²) in [6, 6.07) is 11.9. The highest BCUT2D eigenvalue weighted by molar-refractivity contribution is 7.93. The molecule has 2 aromatic carbocycles. The Balaban J connectivity index is 1.86. The van der Waals surface area contributed by atoms with E-state index in [0.29, 0.717) is 37.2 Å². The van der Waals surface area contributed by atoms with E-state index in [0.717, 1.165) is 11.1 Å². The Bertz CT molecular complexity index is 1120. The molecule has 3 rings (SSSR count). The van der Waals surface area contributed by atoms with Crippen molar-refractivity contribution in [3.63, 3.8) is 0 Å². The van der Waals surface area contributed by atoms with Crippen LogP contribution < -0.4 is 9.03 Å². The fourth-order valence-electron chi connectivity index (χ4n) is 3.63. The lowest BCUT2D eigenvalue weighted by atomic mass is 9.87. The van der Waals surface area contributed by atoms with Crippen molar-refractivity contribution in [3.8, 4) is 0 Å². The van der Waals surface area contributed by atoms with Crippen molar-refractivity contribution in [1.29, 1.82) is 0 Å². The number of aryl methyl sites for hydroxylation is 1. The standard InChI is InChI=1S/C22H30N2O4S2/c1-5-15-29(25,26)24-14-6-7-17-16-19(10-13-21(17)24)23-30(27,28)20-11-8-18(9-12-20)22(2,3)4/h8-13,16,23H,5-7,14-15H2,1-4H3. The summed E-state index contributed by atoms with van der Waals surface area (Å²) in [5.74, 6) is 0.103. The number of benzene rings is 2. The summed E-state index contributed by atoms with van der Waals surface area (Å²) < 4.78 is 54.8. The molecule has 0 saturated heterocycles. The third-order valence-corrected chi connectivity index (χ3v) is 8.61. The highest BCUT2D eigenvalue weighted by Gasteiger charge is 2.27. The van der Waals surface area contributed by atoms with Crippen LogP contribution in [-0.4, -0.2) is 29.1 Å². The molecule has 1 heterocycles. The highest BCUT2D eigenvalue weighted by atomic mass is 32.2. The molecule has 0 saturated carbocycles. The van der Waals surface area contributed by atoms with E-state index in [1.54, 1.807) is 30.3 Å². The van der Waals surface area contributed by atoms with Gasteiger partial charge in [0.15, 0.2) is 0 Å². The third-order valence-electron chi connectivity index (χ3n) is 5.24. The molecule has 0 unspecified atom stereocenters. The minimum Gasteiger partial charge on any atom is -0.280 e. The van der Waals surface area contributed by atoms with Gasteiger partial charge in [0.2, 0.25) is 10.0 Å². The molecule has 0 radical (unpaired) electrons. The van der Waals surface area contributed by atoms with Gasteiger partial charge in [0.1, 0.15) is 0 Å². The first-order valence-electron chi connectivity index (χ1n) is 10.2. The van der Waals surface area contributed by atoms with Crippen LogP contribution >= 0.6 is 0 Å². The van der Waals surface area contributed by atoms with Crippen molar-refractivity contribution < 1.29 is 16.8 Å². The van der Waals surface area contributed by atoms with Gasteiger partial charge >= 0.3 is 0 Å². The molecule has 164 valence electrons. The van der Waals surface area contributed by atoms with E-state index in [1.807, 2.05) is 19.1 Å². The number of hydrogen-bond donors (Lipinski definition) is 1. The van der Waals surface area contributed by atoms with E-state index >= 15 is 0 Å². The van der Waals surface area contributed by atoms with E-state index < -0.39 is 20.0 Å². The fourth-order valence-corrected chi connectivity index (χ4v) is 6.30. The maximum Gasteiger partial charge on any atom is 0.261 e. The van der Waals surface area contributed by atoms with Gasteiger partial charge in [-0.2, -0.15) is 0 Å². The third kappa shape index (κ3) is 4.81. The maximum atomic E-state index is 12.8. The normalized spacial score (nSPS) is 15.0. The summed E-state index contributed by atoms with van der Waals surface area (Å²) in [6.07, 6.45) is 1.98. The van der Waals surface area contributed by atoms with Crippen LogP contribution in [0, 0.1) is 0 Å². The molecule has 0 spiro atoms. The molecule has 30 heavy (non-hydrogen) atoms. The van der Waals surface area contributed by atoms with Gasteiger partial charge in [0, 0.05) is 12.2 Å². The molecule has 2 aromatic rings. The van der Waals surface area contributed by atoms with E-state index in [1.165, 1.54) is 4.31 Å². The predicted octanol–water partition coefficient (Wildman–Crippen LogP) is 4.28. The van der Waals surface area contributed by atoms with Gasteiger partial charge in [-0.1, -0.05) is 39.8 Å². The summed E-state index contributed by atoms with van der Waals surface area (Å²) in [5.41, 5.74) is 2.92. The molecular formula is C22H30N2O4S2. The number of fused-ring (bicyclic) bond motifs is 1. The lowest BCUT2D eigenvalue weighted by Gasteiger charge is -2.30. The molecule has 1 aliphatic rings. The van der Waals surface area contributed by atoms with E-state index in [2.05, 4.69) is 25.5 Å². The first-order chi connectivity index (χ1) is 13.9. The van der Waals surface area contributed by atoms with Crippen LogP contribution in [0.4, 0.5) is 11.4 Å². The summed E-state index contributed by atoms with van der Waals surface area (Å²) in [4.78, 5) is 0.195. The lowest BCUT2D eigenvalue weighted by molar-refractivity contribution is 0.585. The van der Waals surface area contributed by atoms with Gasteiger partial charge < -0.3 is 0 Å². The summed E-state index contributed by atoms with van der Waals surface area (Å²) in [5, 5.41) is 0. The fraction of sp³-hybridized carbons (Fsp3) is 0.455. The van der Waals surface area contributed by atoms with Crippen LogP contribution in [0.15, 0.2) is 47.4 Å². The molecule has 6 nitrogen and oxygen atoms in total. The molecular weight excluding hydrogens is 420 g/mol. The average molecular weight is 451 g/mol. The largest absolute Gasteiger partial charge is 0.280 e. The number of nitrogens with zero attached hydrogens (tertiary/aromatic N) is 1. The number of nitrogens with one attached hydrogen (secondary N) is 1. The van der Waals surface area contributed by atoms with Crippen molar-refractivity contribution >= 4 is 31.4 Å². The monoisotopic (exact) mass is 450 g/mol. The second-order valence-electron chi connectivity index (χ2n) is 8.72. The molecule has 1 N–H and O–H groups in total. The molecule has 0 amide bonds. The van der Waals surface area contributed by atoms with Gasteiger partial charge in [-0.05, 0) is 66.1 Å². The quantitative estimate of drug-likeness (QED) is 0.712. The van der Waals surface area contributed by atoms with Crippen LogP contribution in [0.3, 0.4) is 0 Å². The van der Waals surface area contributed by atoms with Crippen LogP contribution in [0.1, 0.15) is 51.7 Å². The average Bonchev–Trinajstić information content (AvgIpc) is 2.66. The zero-order valence-corrected chi connectivity index (χ0v) is 19.6. The number of sulfonamides is 2. The van der Waals surface area contributed by atoms with Crippen molar-refractivity contribution in [2.24, 2.45) is 0 Å². The molecule has 0 atom stereocenters. The molecule has 0 bridgehead atoms. The minimum atomic E-state index is -3.73. The Morgan fingerprint density at radius 3 is 2.27 bits per heavy atom. The summed E-state index contributed by atoms with van der Waals surface area (Å²) in [6.45, 7) is 8.53. The first kappa shape index (κ1) is 22.6. The molecule has 0 aromatic heterocycles. The Hall–Kier alpha value is -2.06. The highest BCUT2D eigenvalue weighted by Crippen LogP contribution is 2.33. The van der Waals surface area contributed by atoms with Crippen LogP contribution in [-0.2, 0) is 31.9 Å². The molecule has 1 aliphatic heterocycles. The minimum absolute atomic E-state index is 0.0573. The molecule has 8 heteroatoms. The second kappa shape index (κ2) is 8.23. The van der Waals surface area contributed by atoms with Gasteiger partial charge in [0.25, 0.3) is 10.0 Å². The van der Waals surface area contributed by atoms with Crippen molar-refractivity contribution in [3.05, 3.63) is 53.6 Å². The Labute approximate surface area is 180 Å². The topological polar surface area (TPSA) is 83.6 Å². The first-order valence-corrected chi connectivity index (χ1v) is 13.3. The number of anilines is 2. The Kier molecular flexibility index (Phi) is 6.20. The van der Waals surface area contributed by atoms with Gasteiger partial charge in [-0.15, -0.1) is 0 Å². The van der Waals surface area contributed by atoms with Crippen LogP contribution in [0.5, 0.6) is 0 Å². The second-order valence-corrected chi connectivity index (χ2v) is 12.4. The van der Waals surface area contributed by atoms with Gasteiger partial charge in [-0.3, -0.25) is 9.03 Å². The summed E-state index contributed by atoms with van der Waals surface area (Å²) >= 11 is 0. The zero-order chi connectivity index (χ0) is 22.2. The zero-order valence-electron chi connectivity index (χ0n) is 18.0. The van der Waals surface area contributed by atoms with E-state index in [9.17, 15) is 16.8 Å². The van der Waals surface area contributed by atoms with Gasteiger partial charge in [0.05, 0.1) is 16.3 Å². The smallest absolute Gasteiger partial charge is 0.261 e. The van der Waals surface area contributed by atoms with Crippen molar-refractivity contribution in [1.82, 2.24) is 0 Å². The maximum absolute atomic E-state index is 12.8. The summed E-state index contributed by atoms with van der Waals surface area (Å²) in [7, 11) is -7.09. The lowest BCUT2D eigenvalue weighted by Crippen LogP contribution is -2.37. The van der Waals surface area contributed by atoms with Crippen molar-refractivity contribution in [2.75, 3.05) is 21.3 Å². The van der Waals surface area contributed by atoms with E-state index in [-0.39, 0.29) is 16.1 Å². The van der Waals surface area contributed by atoms with Crippen LogP contribution in [0.25, 0.3) is 0 Å². The Morgan fingerprint density at radius 1 is 1.00 bits per heavy atom.